The quantitative estimate of drug-likeness (QED) is 0.681. The largest absolute Gasteiger partial charge is 0.395 e. The van der Waals surface area contributed by atoms with Gasteiger partial charge >= 0.3 is 0 Å². The Labute approximate surface area is 164 Å². The Morgan fingerprint density at radius 2 is 1.96 bits per heavy atom. The monoisotopic (exact) mass is 381 g/mol. The molecule has 2 heterocycles. The van der Waals surface area contributed by atoms with Gasteiger partial charge in [-0.05, 0) is 57.0 Å². The van der Waals surface area contributed by atoms with E-state index >= 15 is 0 Å². The number of pyridine rings is 1. The molecule has 0 bridgehead atoms. The molecular formula is C22H27N3OS. The van der Waals surface area contributed by atoms with E-state index in [1.807, 2.05) is 18.3 Å². The fraction of sp³-hybridized carbons (Fsp3) is 0.455. The number of rotatable bonds is 6. The van der Waals surface area contributed by atoms with E-state index < -0.39 is 0 Å². The van der Waals surface area contributed by atoms with Crippen LogP contribution < -0.4 is 0 Å². The van der Waals surface area contributed by atoms with Crippen molar-refractivity contribution in [1.82, 2.24) is 14.9 Å². The maximum absolute atomic E-state index is 9.21. The number of hydrogen-bond donors (Lipinski definition) is 1. The van der Waals surface area contributed by atoms with Crippen molar-refractivity contribution in [2.75, 3.05) is 19.7 Å². The highest BCUT2D eigenvalue weighted by molar-refractivity contribution is 7.18. The molecule has 0 unspecified atom stereocenters. The number of aliphatic hydroxyl groups is 1. The Bertz CT molecular complexity index is 946. The van der Waals surface area contributed by atoms with Crippen LogP contribution in [0.4, 0.5) is 0 Å². The molecule has 1 fully saturated rings. The summed E-state index contributed by atoms with van der Waals surface area (Å²) in [5, 5.41) is 10.5. The Balaban J connectivity index is 1.54. The van der Waals surface area contributed by atoms with Gasteiger partial charge in [0.1, 0.15) is 0 Å². The van der Waals surface area contributed by atoms with Crippen molar-refractivity contribution in [1.29, 1.82) is 0 Å². The zero-order chi connectivity index (χ0) is 19.0. The summed E-state index contributed by atoms with van der Waals surface area (Å²) < 4.78 is 1.26. The number of aryl methyl sites for hydroxylation is 2. The van der Waals surface area contributed by atoms with Crippen molar-refractivity contribution in [3.05, 3.63) is 46.7 Å². The van der Waals surface area contributed by atoms with Crippen molar-refractivity contribution in [3.63, 3.8) is 0 Å². The fourth-order valence-corrected chi connectivity index (χ4v) is 5.22. The van der Waals surface area contributed by atoms with Crippen LogP contribution in [0.5, 0.6) is 0 Å². The van der Waals surface area contributed by atoms with Crippen LogP contribution in [-0.4, -0.2) is 45.7 Å². The van der Waals surface area contributed by atoms with E-state index in [4.69, 9.17) is 4.98 Å². The Hall–Kier alpha value is -1.82. The van der Waals surface area contributed by atoms with Crippen LogP contribution >= 0.6 is 11.3 Å². The third-order valence-corrected chi connectivity index (χ3v) is 6.89. The van der Waals surface area contributed by atoms with Crippen LogP contribution in [0.2, 0.25) is 0 Å². The topological polar surface area (TPSA) is 49.2 Å². The first-order valence-electron chi connectivity index (χ1n) is 9.79. The minimum atomic E-state index is 0.242. The zero-order valence-electron chi connectivity index (χ0n) is 16.3. The van der Waals surface area contributed by atoms with Crippen molar-refractivity contribution in [2.24, 2.45) is 0 Å². The number of aromatic nitrogens is 2. The minimum absolute atomic E-state index is 0.242. The molecule has 4 rings (SSSR count). The first kappa shape index (κ1) is 18.5. The lowest BCUT2D eigenvalue weighted by atomic mass is 9.79. The average molecular weight is 382 g/mol. The van der Waals surface area contributed by atoms with E-state index in [9.17, 15) is 5.11 Å². The van der Waals surface area contributed by atoms with Crippen LogP contribution in [0.1, 0.15) is 42.1 Å². The van der Waals surface area contributed by atoms with Crippen molar-refractivity contribution < 1.29 is 5.11 Å². The number of thiazole rings is 1. The van der Waals surface area contributed by atoms with E-state index in [1.54, 1.807) is 0 Å². The molecule has 0 amide bonds. The molecule has 0 atom stereocenters. The van der Waals surface area contributed by atoms with Crippen LogP contribution in [0.25, 0.3) is 21.3 Å². The molecule has 3 aromatic rings. The van der Waals surface area contributed by atoms with E-state index in [2.05, 4.69) is 54.1 Å². The summed E-state index contributed by atoms with van der Waals surface area (Å²) in [5.74, 6) is 0.561. The number of aliphatic hydroxyl groups excluding tert-OH is 1. The smallest absolute Gasteiger partial charge is 0.0970 e. The number of benzene rings is 1. The SMILES string of the molecule is CCN(CCO)C1CC(c2nc3ccc(-c4ccc(C)nc4C)cc3s2)C1. The fourth-order valence-electron chi connectivity index (χ4n) is 4.09. The van der Waals surface area contributed by atoms with Gasteiger partial charge in [-0.25, -0.2) is 4.98 Å². The second-order valence-electron chi connectivity index (χ2n) is 7.49. The highest BCUT2D eigenvalue weighted by Gasteiger charge is 2.35. The molecule has 1 aromatic carbocycles. The van der Waals surface area contributed by atoms with Gasteiger partial charge in [-0.1, -0.05) is 19.1 Å². The molecule has 0 aliphatic heterocycles. The first-order chi connectivity index (χ1) is 13.1. The highest BCUT2D eigenvalue weighted by Crippen LogP contribution is 2.43. The molecule has 142 valence electrons. The molecule has 0 spiro atoms. The normalized spacial score (nSPS) is 19.6. The highest BCUT2D eigenvalue weighted by atomic mass is 32.1. The second kappa shape index (κ2) is 7.66. The van der Waals surface area contributed by atoms with Crippen molar-refractivity contribution in [2.45, 2.75) is 45.6 Å². The summed E-state index contributed by atoms with van der Waals surface area (Å²) in [4.78, 5) is 11.9. The van der Waals surface area contributed by atoms with E-state index in [0.717, 1.165) is 42.8 Å². The standard InChI is InChI=1S/C22H27N3OS/c1-4-25(9-10-26)18-11-17(12-18)22-24-20-8-6-16(13-21(20)27-22)19-7-5-14(2)23-15(19)3/h5-8,13,17-18,26H,4,9-12H2,1-3H3. The number of fused-ring (bicyclic) bond motifs is 1. The lowest BCUT2D eigenvalue weighted by Crippen LogP contribution is -2.44. The molecule has 1 aliphatic carbocycles. The van der Waals surface area contributed by atoms with E-state index in [1.165, 1.54) is 20.8 Å². The van der Waals surface area contributed by atoms with Gasteiger partial charge in [-0.2, -0.15) is 0 Å². The maximum Gasteiger partial charge on any atom is 0.0970 e. The predicted molar refractivity (Wildman–Crippen MR) is 112 cm³/mol. The predicted octanol–water partition coefficient (Wildman–Crippen LogP) is 4.54. The first-order valence-corrected chi connectivity index (χ1v) is 10.6. The second-order valence-corrected chi connectivity index (χ2v) is 8.56. The summed E-state index contributed by atoms with van der Waals surface area (Å²) in [5.41, 5.74) is 5.64. The third kappa shape index (κ3) is 3.64. The number of hydrogen-bond acceptors (Lipinski definition) is 5. The van der Waals surface area contributed by atoms with Crippen LogP contribution in [0, 0.1) is 13.8 Å². The van der Waals surface area contributed by atoms with Crippen molar-refractivity contribution in [3.8, 4) is 11.1 Å². The molecule has 0 saturated heterocycles. The molecule has 1 saturated carbocycles. The summed E-state index contributed by atoms with van der Waals surface area (Å²) in [6, 6.07) is 11.4. The Morgan fingerprint density at radius 1 is 1.15 bits per heavy atom. The molecular weight excluding hydrogens is 354 g/mol. The zero-order valence-corrected chi connectivity index (χ0v) is 17.1. The number of nitrogens with zero attached hydrogens (tertiary/aromatic N) is 3. The molecule has 27 heavy (non-hydrogen) atoms. The van der Waals surface area contributed by atoms with Crippen LogP contribution in [0.3, 0.4) is 0 Å². The lowest BCUT2D eigenvalue weighted by molar-refractivity contribution is 0.0923. The van der Waals surface area contributed by atoms with Gasteiger partial charge in [-0.15, -0.1) is 11.3 Å². The van der Waals surface area contributed by atoms with Crippen LogP contribution in [0.15, 0.2) is 30.3 Å². The summed E-state index contributed by atoms with van der Waals surface area (Å²) in [6.07, 6.45) is 2.31. The summed E-state index contributed by atoms with van der Waals surface area (Å²) >= 11 is 1.83. The summed E-state index contributed by atoms with van der Waals surface area (Å²) in [6.45, 7) is 8.30. The van der Waals surface area contributed by atoms with Gasteiger partial charge in [0.05, 0.1) is 21.8 Å². The Kier molecular flexibility index (Phi) is 5.26. The van der Waals surface area contributed by atoms with E-state index in [0.29, 0.717) is 12.0 Å². The third-order valence-electron chi connectivity index (χ3n) is 5.71. The molecule has 2 aromatic heterocycles. The molecule has 0 radical (unpaired) electrons. The van der Waals surface area contributed by atoms with Gasteiger partial charge in [0.2, 0.25) is 0 Å². The number of likely N-dealkylation sites (N-methyl/N-ethyl adjacent to an activating group) is 1. The van der Waals surface area contributed by atoms with Gasteiger partial charge < -0.3 is 5.11 Å². The van der Waals surface area contributed by atoms with Gasteiger partial charge in [-0.3, -0.25) is 9.88 Å². The molecule has 4 nitrogen and oxygen atoms in total. The van der Waals surface area contributed by atoms with Gasteiger partial charge in [0, 0.05) is 35.5 Å². The van der Waals surface area contributed by atoms with Gasteiger partial charge in [0.15, 0.2) is 0 Å². The minimum Gasteiger partial charge on any atom is -0.395 e. The van der Waals surface area contributed by atoms with Gasteiger partial charge in [0.25, 0.3) is 0 Å². The summed E-state index contributed by atoms with van der Waals surface area (Å²) in [7, 11) is 0. The van der Waals surface area contributed by atoms with E-state index in [-0.39, 0.29) is 6.61 Å². The maximum atomic E-state index is 9.21. The average Bonchev–Trinajstić information content (AvgIpc) is 3.02. The van der Waals surface area contributed by atoms with Crippen molar-refractivity contribution >= 4 is 21.6 Å². The molecule has 5 heteroatoms. The molecule has 1 aliphatic rings. The Morgan fingerprint density at radius 3 is 2.67 bits per heavy atom. The van der Waals surface area contributed by atoms with Crippen LogP contribution in [-0.2, 0) is 0 Å². The molecule has 1 N–H and O–H groups in total. The lowest BCUT2D eigenvalue weighted by Gasteiger charge is -2.41.